The molecule has 2 aromatic heterocycles. The minimum atomic E-state index is -0.566. The molecule has 0 saturated carbocycles. The molecule has 1 fully saturated rings. The number of guanidine groups is 1. The van der Waals surface area contributed by atoms with Crippen molar-refractivity contribution in [1.82, 2.24) is 15.5 Å². The lowest BCUT2D eigenvalue weighted by Gasteiger charge is -2.36. The van der Waals surface area contributed by atoms with Gasteiger partial charge in [0.05, 0.1) is 12.6 Å². The number of nitrogens with zero attached hydrogens (tertiary/aromatic N) is 2. The zero-order valence-electron chi connectivity index (χ0n) is 16.9. The van der Waals surface area contributed by atoms with Crippen molar-refractivity contribution in [3.63, 3.8) is 0 Å². The second-order valence-electron chi connectivity index (χ2n) is 7.19. The van der Waals surface area contributed by atoms with Gasteiger partial charge >= 0.3 is 0 Å². The summed E-state index contributed by atoms with van der Waals surface area (Å²) in [5.41, 5.74) is 5.22. The molecule has 160 valence electrons. The molecule has 29 heavy (non-hydrogen) atoms. The van der Waals surface area contributed by atoms with Gasteiger partial charge in [-0.1, -0.05) is 13.0 Å². The average molecular weight is 531 g/mol. The van der Waals surface area contributed by atoms with Gasteiger partial charge in [-0.3, -0.25) is 14.7 Å². The SMILES string of the molecule is CN=C(NCc1ccc(C(N)=O)o1)NCC(c1cccs1)N1CCC(C)CC1.I. The zero-order chi connectivity index (χ0) is 19.9. The predicted octanol–water partition coefficient (Wildman–Crippen LogP) is 3.20. The van der Waals surface area contributed by atoms with Crippen LogP contribution in [-0.2, 0) is 6.54 Å². The number of furan rings is 1. The summed E-state index contributed by atoms with van der Waals surface area (Å²) in [6.45, 7) is 5.79. The number of nitrogens with two attached hydrogens (primary N) is 1. The molecule has 3 rings (SSSR count). The second-order valence-corrected chi connectivity index (χ2v) is 8.17. The highest BCUT2D eigenvalue weighted by Crippen LogP contribution is 2.29. The Bertz CT molecular complexity index is 785. The fourth-order valence-electron chi connectivity index (χ4n) is 3.42. The largest absolute Gasteiger partial charge is 0.454 e. The topological polar surface area (TPSA) is 95.9 Å². The standard InChI is InChI=1S/C20H29N5O2S.HI/c1-14-7-9-25(10-8-14)16(18-4-3-11-28-18)13-24-20(22-2)23-12-15-5-6-17(27-15)19(21)26;/h3-6,11,14,16H,7-10,12-13H2,1-2H3,(H2,21,26)(H2,22,23,24);1H. The molecule has 1 atom stereocenters. The Balaban J connectivity index is 0.00000300. The molecule has 0 radical (unpaired) electrons. The lowest BCUT2D eigenvalue weighted by atomic mass is 9.97. The van der Waals surface area contributed by atoms with Gasteiger partial charge in [0.15, 0.2) is 11.7 Å². The molecule has 2 aromatic rings. The quantitative estimate of drug-likeness (QED) is 0.290. The molecular formula is C20H30IN5O2S. The van der Waals surface area contributed by atoms with E-state index in [4.69, 9.17) is 10.2 Å². The Kier molecular flexibility index (Phi) is 9.44. The highest BCUT2D eigenvalue weighted by atomic mass is 127. The minimum absolute atomic E-state index is 0. The third kappa shape index (κ3) is 6.71. The number of aliphatic imine (C=N–C) groups is 1. The van der Waals surface area contributed by atoms with Crippen molar-refractivity contribution in [1.29, 1.82) is 0 Å². The maximum absolute atomic E-state index is 11.1. The molecule has 1 aliphatic heterocycles. The number of halogens is 1. The summed E-state index contributed by atoms with van der Waals surface area (Å²) in [6, 6.07) is 7.97. The molecular weight excluding hydrogens is 501 g/mol. The minimum Gasteiger partial charge on any atom is -0.454 e. The summed E-state index contributed by atoms with van der Waals surface area (Å²) in [5.74, 6) is 1.74. The van der Waals surface area contributed by atoms with Gasteiger partial charge in [-0.05, 0) is 55.4 Å². The van der Waals surface area contributed by atoms with E-state index in [0.717, 1.165) is 25.6 Å². The van der Waals surface area contributed by atoms with Gasteiger partial charge in [0.25, 0.3) is 5.91 Å². The average Bonchev–Trinajstić information content (AvgIpc) is 3.38. The van der Waals surface area contributed by atoms with Gasteiger partial charge in [-0.2, -0.15) is 0 Å². The summed E-state index contributed by atoms with van der Waals surface area (Å²) in [5, 5.41) is 8.80. The van der Waals surface area contributed by atoms with E-state index in [9.17, 15) is 4.79 Å². The van der Waals surface area contributed by atoms with E-state index in [1.165, 1.54) is 17.7 Å². The van der Waals surface area contributed by atoms with E-state index >= 15 is 0 Å². The normalized spacial score (nSPS) is 16.8. The molecule has 0 spiro atoms. The number of rotatable bonds is 7. The number of thiophene rings is 1. The van der Waals surface area contributed by atoms with E-state index in [-0.39, 0.29) is 29.7 Å². The molecule has 0 bridgehead atoms. The zero-order valence-corrected chi connectivity index (χ0v) is 20.0. The molecule has 1 amide bonds. The van der Waals surface area contributed by atoms with Crippen LogP contribution in [0.1, 0.15) is 47.0 Å². The molecule has 9 heteroatoms. The number of hydrogen-bond donors (Lipinski definition) is 3. The van der Waals surface area contributed by atoms with Crippen LogP contribution >= 0.6 is 35.3 Å². The van der Waals surface area contributed by atoms with E-state index in [2.05, 4.69) is 45.0 Å². The van der Waals surface area contributed by atoms with Crippen molar-refractivity contribution in [3.8, 4) is 0 Å². The van der Waals surface area contributed by atoms with Crippen LogP contribution < -0.4 is 16.4 Å². The van der Waals surface area contributed by atoms with Crippen molar-refractivity contribution in [2.24, 2.45) is 16.6 Å². The first kappa shape index (κ1) is 23.7. The third-order valence-electron chi connectivity index (χ3n) is 5.15. The molecule has 1 aliphatic rings. The summed E-state index contributed by atoms with van der Waals surface area (Å²) < 4.78 is 5.40. The first-order chi connectivity index (χ1) is 13.6. The van der Waals surface area contributed by atoms with Crippen molar-refractivity contribution in [2.45, 2.75) is 32.4 Å². The highest BCUT2D eigenvalue weighted by molar-refractivity contribution is 14.0. The van der Waals surface area contributed by atoms with Crippen LogP contribution in [0.4, 0.5) is 0 Å². The van der Waals surface area contributed by atoms with Crippen molar-refractivity contribution in [2.75, 3.05) is 26.7 Å². The molecule has 3 heterocycles. The van der Waals surface area contributed by atoms with Crippen LogP contribution in [0, 0.1) is 5.92 Å². The van der Waals surface area contributed by atoms with E-state index in [1.54, 1.807) is 30.5 Å². The van der Waals surface area contributed by atoms with E-state index in [0.29, 0.717) is 24.3 Å². The Labute approximate surface area is 193 Å². The smallest absolute Gasteiger partial charge is 0.284 e. The Morgan fingerprint density at radius 3 is 2.69 bits per heavy atom. The van der Waals surface area contributed by atoms with Gasteiger partial charge in [0.1, 0.15) is 5.76 Å². The molecule has 4 N–H and O–H groups in total. The first-order valence-electron chi connectivity index (χ1n) is 9.67. The maximum atomic E-state index is 11.1. The van der Waals surface area contributed by atoms with Crippen LogP contribution in [0.3, 0.4) is 0 Å². The fraction of sp³-hybridized carbons (Fsp3) is 0.500. The van der Waals surface area contributed by atoms with Crippen molar-refractivity contribution < 1.29 is 9.21 Å². The number of nitrogens with one attached hydrogen (secondary N) is 2. The number of primary amides is 1. The van der Waals surface area contributed by atoms with Gasteiger partial charge < -0.3 is 20.8 Å². The predicted molar refractivity (Wildman–Crippen MR) is 128 cm³/mol. The number of carbonyl (C=O) groups excluding carboxylic acids is 1. The monoisotopic (exact) mass is 531 g/mol. The Hall–Kier alpha value is -1.59. The molecule has 0 aromatic carbocycles. The van der Waals surface area contributed by atoms with E-state index in [1.807, 2.05) is 0 Å². The lowest BCUT2D eigenvalue weighted by molar-refractivity contribution is 0.0972. The first-order valence-corrected chi connectivity index (χ1v) is 10.5. The van der Waals surface area contributed by atoms with E-state index < -0.39 is 5.91 Å². The lowest BCUT2D eigenvalue weighted by Crippen LogP contribution is -2.44. The highest BCUT2D eigenvalue weighted by Gasteiger charge is 2.25. The van der Waals surface area contributed by atoms with Crippen molar-refractivity contribution in [3.05, 3.63) is 46.0 Å². The molecule has 0 aliphatic carbocycles. The van der Waals surface area contributed by atoms with Crippen molar-refractivity contribution >= 4 is 47.2 Å². The fourth-order valence-corrected chi connectivity index (χ4v) is 4.28. The van der Waals surface area contributed by atoms with Gasteiger partial charge in [-0.15, -0.1) is 35.3 Å². The second kappa shape index (κ2) is 11.6. The Morgan fingerprint density at radius 1 is 1.34 bits per heavy atom. The molecule has 1 saturated heterocycles. The van der Waals surface area contributed by atoms with Gasteiger partial charge in [0.2, 0.25) is 0 Å². The molecule has 7 nitrogen and oxygen atoms in total. The van der Waals surface area contributed by atoms with Gasteiger partial charge in [-0.25, -0.2) is 0 Å². The van der Waals surface area contributed by atoms with Crippen LogP contribution in [0.25, 0.3) is 0 Å². The number of amides is 1. The Morgan fingerprint density at radius 2 is 2.10 bits per heavy atom. The summed E-state index contributed by atoms with van der Waals surface area (Å²) in [6.07, 6.45) is 2.49. The van der Waals surface area contributed by atoms with Crippen LogP contribution in [0.2, 0.25) is 0 Å². The molecule has 1 unspecified atom stereocenters. The van der Waals surface area contributed by atoms with Crippen LogP contribution in [0.5, 0.6) is 0 Å². The summed E-state index contributed by atoms with van der Waals surface area (Å²) in [4.78, 5) is 19.4. The number of piperidine rings is 1. The van der Waals surface area contributed by atoms with Crippen LogP contribution in [-0.4, -0.2) is 43.4 Å². The number of likely N-dealkylation sites (tertiary alicyclic amines) is 1. The summed E-state index contributed by atoms with van der Waals surface area (Å²) in [7, 11) is 1.75. The van der Waals surface area contributed by atoms with Crippen LogP contribution in [0.15, 0.2) is 39.1 Å². The summed E-state index contributed by atoms with van der Waals surface area (Å²) >= 11 is 1.80. The number of hydrogen-bond acceptors (Lipinski definition) is 5. The third-order valence-corrected chi connectivity index (χ3v) is 6.13. The maximum Gasteiger partial charge on any atom is 0.284 e. The number of carbonyl (C=O) groups is 1. The van der Waals surface area contributed by atoms with Gasteiger partial charge in [0, 0.05) is 18.5 Å².